The Morgan fingerprint density at radius 1 is 0.929 bits per heavy atom. The van der Waals surface area contributed by atoms with E-state index in [0.29, 0.717) is 0 Å². The summed E-state index contributed by atoms with van der Waals surface area (Å²) in [5.41, 5.74) is 3.78. The first kappa shape index (κ1) is 18.7. The smallest absolute Gasteiger partial charge is 0.119 e. The summed E-state index contributed by atoms with van der Waals surface area (Å²) in [6, 6.07) is 25.4. The number of hydrogen-bond donors (Lipinski definition) is 2. The van der Waals surface area contributed by atoms with Gasteiger partial charge in [0.15, 0.2) is 0 Å². The Bertz CT molecular complexity index is 1040. The van der Waals surface area contributed by atoms with E-state index in [-0.39, 0.29) is 0 Å². The summed E-state index contributed by atoms with van der Waals surface area (Å²) < 4.78 is 5.35. The number of aromatic nitrogens is 1. The Morgan fingerprint density at radius 3 is 2.64 bits per heavy atom. The zero-order valence-electron chi connectivity index (χ0n) is 15.9. The van der Waals surface area contributed by atoms with Gasteiger partial charge in [0, 0.05) is 33.4 Å². The predicted octanol–water partition coefficient (Wildman–Crippen LogP) is 5.66. The summed E-state index contributed by atoms with van der Waals surface area (Å²) in [7, 11) is 1.71. The topological polar surface area (TPSA) is 37.0 Å². The van der Waals surface area contributed by atoms with E-state index in [1.54, 1.807) is 18.9 Å². The number of benzene rings is 3. The molecule has 0 spiro atoms. The molecule has 1 heterocycles. The monoisotopic (exact) mass is 388 g/mol. The lowest BCUT2D eigenvalue weighted by molar-refractivity contribution is 0.415. The molecule has 1 aromatic heterocycles. The Labute approximate surface area is 170 Å². The molecule has 0 radical (unpaired) electrons. The third-order valence-electron chi connectivity index (χ3n) is 4.75. The lowest BCUT2D eigenvalue weighted by Gasteiger charge is -2.07. The normalized spacial score (nSPS) is 11.0. The van der Waals surface area contributed by atoms with Crippen LogP contribution in [0.5, 0.6) is 5.75 Å². The number of fused-ring (bicyclic) bond motifs is 1. The van der Waals surface area contributed by atoms with Crippen LogP contribution in [0.2, 0.25) is 0 Å². The van der Waals surface area contributed by atoms with Gasteiger partial charge in [0.2, 0.25) is 0 Å². The van der Waals surface area contributed by atoms with Crippen LogP contribution in [-0.2, 0) is 13.0 Å². The van der Waals surface area contributed by atoms with Crippen molar-refractivity contribution in [3.8, 4) is 5.75 Å². The molecular weight excluding hydrogens is 364 g/mol. The van der Waals surface area contributed by atoms with Gasteiger partial charge in [0.25, 0.3) is 0 Å². The number of H-pyrrole nitrogens is 1. The van der Waals surface area contributed by atoms with Crippen molar-refractivity contribution in [1.29, 1.82) is 0 Å². The number of ether oxygens (including phenoxy) is 1. The minimum atomic E-state index is 0.870. The van der Waals surface area contributed by atoms with E-state index in [1.807, 2.05) is 12.1 Å². The zero-order chi connectivity index (χ0) is 19.2. The molecule has 142 valence electrons. The van der Waals surface area contributed by atoms with Crippen LogP contribution in [0.1, 0.15) is 11.1 Å². The summed E-state index contributed by atoms with van der Waals surface area (Å²) >= 11 is 1.80. The summed E-state index contributed by atoms with van der Waals surface area (Å²) in [5.74, 6) is 0.897. The third-order valence-corrected chi connectivity index (χ3v) is 5.75. The van der Waals surface area contributed by atoms with Gasteiger partial charge in [-0.05, 0) is 66.6 Å². The molecule has 4 rings (SSSR count). The first-order valence-electron chi connectivity index (χ1n) is 9.48. The van der Waals surface area contributed by atoms with Crippen molar-refractivity contribution in [3.05, 3.63) is 90.1 Å². The maximum atomic E-state index is 5.35. The summed E-state index contributed by atoms with van der Waals surface area (Å²) in [5, 5.41) is 4.81. The van der Waals surface area contributed by atoms with Crippen LogP contribution in [0.25, 0.3) is 10.9 Å². The highest BCUT2D eigenvalue weighted by Gasteiger charge is 2.05. The highest BCUT2D eigenvalue weighted by molar-refractivity contribution is 7.99. The van der Waals surface area contributed by atoms with E-state index in [2.05, 4.69) is 77.2 Å². The van der Waals surface area contributed by atoms with Gasteiger partial charge in [-0.3, -0.25) is 0 Å². The van der Waals surface area contributed by atoms with Crippen molar-refractivity contribution >= 4 is 22.7 Å². The van der Waals surface area contributed by atoms with E-state index >= 15 is 0 Å². The van der Waals surface area contributed by atoms with Crippen LogP contribution < -0.4 is 10.1 Å². The van der Waals surface area contributed by atoms with E-state index in [4.69, 9.17) is 4.74 Å². The van der Waals surface area contributed by atoms with Gasteiger partial charge in [-0.2, -0.15) is 0 Å². The highest BCUT2D eigenvalue weighted by Crippen LogP contribution is 2.28. The highest BCUT2D eigenvalue weighted by atomic mass is 32.2. The predicted molar refractivity (Wildman–Crippen MR) is 117 cm³/mol. The molecule has 4 heteroatoms. The van der Waals surface area contributed by atoms with Gasteiger partial charge in [-0.25, -0.2) is 0 Å². The van der Waals surface area contributed by atoms with Crippen LogP contribution >= 0.6 is 11.8 Å². The second-order valence-corrected chi connectivity index (χ2v) is 7.86. The van der Waals surface area contributed by atoms with Gasteiger partial charge < -0.3 is 15.0 Å². The maximum absolute atomic E-state index is 5.35. The fraction of sp³-hybridized carbons (Fsp3) is 0.167. The van der Waals surface area contributed by atoms with Gasteiger partial charge >= 0.3 is 0 Å². The molecule has 0 saturated carbocycles. The lowest BCUT2D eigenvalue weighted by atomic mass is 10.1. The average molecular weight is 389 g/mol. The fourth-order valence-corrected chi connectivity index (χ4v) is 4.21. The van der Waals surface area contributed by atoms with Crippen molar-refractivity contribution in [2.75, 3.05) is 13.7 Å². The van der Waals surface area contributed by atoms with Crippen molar-refractivity contribution in [2.24, 2.45) is 0 Å². The van der Waals surface area contributed by atoms with Gasteiger partial charge in [-0.15, -0.1) is 0 Å². The number of rotatable bonds is 8. The number of hydrogen-bond acceptors (Lipinski definition) is 3. The summed E-state index contributed by atoms with van der Waals surface area (Å²) in [4.78, 5) is 5.88. The van der Waals surface area contributed by atoms with E-state index in [1.165, 1.54) is 26.3 Å². The van der Waals surface area contributed by atoms with Crippen molar-refractivity contribution in [3.63, 3.8) is 0 Å². The molecule has 0 bridgehead atoms. The molecular formula is C24H24N2OS. The minimum Gasteiger partial charge on any atom is -0.497 e. The van der Waals surface area contributed by atoms with Gasteiger partial charge in [0.05, 0.1) is 7.11 Å². The Kier molecular flexibility index (Phi) is 6.00. The Balaban J connectivity index is 1.33. The van der Waals surface area contributed by atoms with Gasteiger partial charge in [-0.1, -0.05) is 42.1 Å². The lowest BCUT2D eigenvalue weighted by Crippen LogP contribution is -2.16. The van der Waals surface area contributed by atoms with E-state index in [9.17, 15) is 0 Å². The van der Waals surface area contributed by atoms with E-state index < -0.39 is 0 Å². The van der Waals surface area contributed by atoms with Crippen LogP contribution in [-0.4, -0.2) is 18.6 Å². The summed E-state index contributed by atoms with van der Waals surface area (Å²) in [6.07, 6.45) is 3.08. The quantitative estimate of drug-likeness (QED) is 0.382. The molecule has 0 amide bonds. The van der Waals surface area contributed by atoms with Gasteiger partial charge in [0.1, 0.15) is 5.75 Å². The SMILES string of the molecule is COc1ccc2[nH]cc(CCNCc3cccc(Sc4ccccc4)c3)c2c1. The fourth-order valence-electron chi connectivity index (χ4n) is 3.29. The van der Waals surface area contributed by atoms with Crippen molar-refractivity contribution < 1.29 is 4.74 Å². The molecule has 0 saturated heterocycles. The standard InChI is InChI=1S/C24H24N2OS/c1-27-20-10-11-24-23(15-20)19(17-26-24)12-13-25-16-18-6-5-9-22(14-18)28-21-7-3-2-4-8-21/h2-11,14-15,17,25-26H,12-13,16H2,1H3. The van der Waals surface area contributed by atoms with Crippen molar-refractivity contribution in [2.45, 2.75) is 22.8 Å². The maximum Gasteiger partial charge on any atom is 0.119 e. The van der Waals surface area contributed by atoms with Crippen molar-refractivity contribution in [1.82, 2.24) is 10.3 Å². The van der Waals surface area contributed by atoms with Crippen LogP contribution in [0, 0.1) is 0 Å². The molecule has 0 aliphatic heterocycles. The molecule has 2 N–H and O–H groups in total. The number of methoxy groups -OCH3 is 1. The third kappa shape index (κ3) is 4.58. The Morgan fingerprint density at radius 2 is 1.79 bits per heavy atom. The van der Waals surface area contributed by atoms with Crippen LogP contribution in [0.4, 0.5) is 0 Å². The van der Waals surface area contributed by atoms with E-state index in [0.717, 1.165) is 30.8 Å². The summed E-state index contributed by atoms with van der Waals surface area (Å²) in [6.45, 7) is 1.80. The Hall–Kier alpha value is -2.69. The number of nitrogens with one attached hydrogen (secondary N) is 2. The molecule has 3 nitrogen and oxygen atoms in total. The second-order valence-electron chi connectivity index (χ2n) is 6.71. The average Bonchev–Trinajstić information content (AvgIpc) is 3.14. The molecule has 28 heavy (non-hydrogen) atoms. The molecule has 0 unspecified atom stereocenters. The zero-order valence-corrected chi connectivity index (χ0v) is 16.8. The molecule has 0 fully saturated rings. The first-order valence-corrected chi connectivity index (χ1v) is 10.3. The molecule has 0 aliphatic rings. The molecule has 3 aromatic carbocycles. The molecule has 4 aromatic rings. The van der Waals surface area contributed by atoms with Crippen LogP contribution in [0.15, 0.2) is 88.8 Å². The molecule has 0 aliphatic carbocycles. The molecule has 0 atom stereocenters. The largest absolute Gasteiger partial charge is 0.497 e. The first-order chi connectivity index (χ1) is 13.8. The number of aromatic amines is 1. The van der Waals surface area contributed by atoms with Crippen LogP contribution in [0.3, 0.4) is 0 Å². The minimum absolute atomic E-state index is 0.870. The second kappa shape index (κ2) is 9.00.